The number of urea groups is 1. The molecule has 0 bridgehead atoms. The molecule has 0 radical (unpaired) electrons. The molecule has 0 spiro atoms. The number of fused-ring (bicyclic) bond motifs is 1. The minimum atomic E-state index is -0.662. The first-order chi connectivity index (χ1) is 12.0. The second-order valence-electron chi connectivity index (χ2n) is 6.02. The van der Waals surface area contributed by atoms with Gasteiger partial charge in [-0.2, -0.15) is 4.98 Å². The Bertz CT molecular complexity index is 781. The molecule has 1 heterocycles. The summed E-state index contributed by atoms with van der Waals surface area (Å²) in [7, 11) is 5.09. The highest BCUT2D eigenvalue weighted by Crippen LogP contribution is 2.32. The first-order valence-electron chi connectivity index (χ1n) is 7.91. The van der Waals surface area contributed by atoms with E-state index in [0.717, 1.165) is 11.1 Å². The van der Waals surface area contributed by atoms with Gasteiger partial charge in [-0.15, -0.1) is 0 Å². The lowest BCUT2D eigenvalue weighted by Crippen LogP contribution is -2.37. The summed E-state index contributed by atoms with van der Waals surface area (Å²) >= 11 is 0. The van der Waals surface area contributed by atoms with Crippen molar-refractivity contribution in [2.45, 2.75) is 18.6 Å². The molecule has 8 heteroatoms. The number of aromatic nitrogens is 2. The number of carbonyl (C=O) groups excluding carboxylic acids is 1. The van der Waals surface area contributed by atoms with Gasteiger partial charge in [-0.25, -0.2) is 9.78 Å². The summed E-state index contributed by atoms with van der Waals surface area (Å²) in [6.45, 7) is 0. The number of methoxy groups -OCH3 is 1. The molecule has 1 aliphatic rings. The monoisotopic (exact) mass is 343 g/mol. The molecule has 0 fully saturated rings. The number of ether oxygens (including phenoxy) is 1. The zero-order valence-electron chi connectivity index (χ0n) is 14.4. The average molecular weight is 343 g/mol. The van der Waals surface area contributed by atoms with Crippen LogP contribution in [0.4, 0.5) is 16.3 Å². The highest BCUT2D eigenvalue weighted by atomic mass is 16.5. The van der Waals surface area contributed by atoms with Gasteiger partial charge >= 0.3 is 6.03 Å². The average Bonchev–Trinajstić information content (AvgIpc) is 2.90. The van der Waals surface area contributed by atoms with Crippen molar-refractivity contribution in [2.75, 3.05) is 31.4 Å². The normalized spacial score (nSPS) is 18.4. The Morgan fingerprint density at radius 2 is 2.08 bits per heavy atom. The van der Waals surface area contributed by atoms with Gasteiger partial charge in [0.15, 0.2) is 5.82 Å². The van der Waals surface area contributed by atoms with Crippen LogP contribution in [-0.2, 0) is 6.42 Å². The van der Waals surface area contributed by atoms with Gasteiger partial charge < -0.3 is 25.4 Å². The number of aliphatic hydroxyl groups excluding tert-OH is 1. The van der Waals surface area contributed by atoms with Crippen LogP contribution in [0, 0.1) is 0 Å². The van der Waals surface area contributed by atoms with Gasteiger partial charge in [0.2, 0.25) is 5.88 Å². The molecule has 0 saturated carbocycles. The third-order valence-electron chi connectivity index (χ3n) is 4.14. The Balaban J connectivity index is 1.80. The van der Waals surface area contributed by atoms with Crippen LogP contribution < -0.4 is 20.3 Å². The number of anilines is 2. The quantitative estimate of drug-likeness (QED) is 0.774. The maximum Gasteiger partial charge on any atom is 0.320 e. The number of rotatable bonds is 4. The van der Waals surface area contributed by atoms with Crippen LogP contribution in [0.25, 0.3) is 0 Å². The summed E-state index contributed by atoms with van der Waals surface area (Å²) in [5, 5.41) is 15.8. The summed E-state index contributed by atoms with van der Waals surface area (Å²) in [6.07, 6.45) is 1.22. The summed E-state index contributed by atoms with van der Waals surface area (Å²) in [5.41, 5.74) is 2.33. The van der Waals surface area contributed by atoms with Crippen LogP contribution in [0.15, 0.2) is 30.6 Å². The Morgan fingerprint density at radius 3 is 2.80 bits per heavy atom. The number of hydrogen-bond donors (Lipinski definition) is 3. The predicted octanol–water partition coefficient (Wildman–Crippen LogP) is 1.33. The van der Waals surface area contributed by atoms with Gasteiger partial charge in [0.25, 0.3) is 0 Å². The van der Waals surface area contributed by atoms with Crippen LogP contribution >= 0.6 is 0 Å². The summed E-state index contributed by atoms with van der Waals surface area (Å²) in [5.74, 6) is 0.788. The molecular weight excluding hydrogens is 322 g/mol. The van der Waals surface area contributed by atoms with Crippen molar-refractivity contribution in [1.82, 2.24) is 15.3 Å². The molecule has 1 aliphatic carbocycles. The molecule has 2 atom stereocenters. The number of carbonyl (C=O) groups is 1. The molecule has 1 aromatic heterocycles. The molecular formula is C17H21N5O3. The van der Waals surface area contributed by atoms with Gasteiger partial charge in [0.1, 0.15) is 12.0 Å². The summed E-state index contributed by atoms with van der Waals surface area (Å²) in [6, 6.07) is 6.75. The zero-order valence-corrected chi connectivity index (χ0v) is 14.4. The third-order valence-corrected chi connectivity index (χ3v) is 4.14. The molecule has 132 valence electrons. The Morgan fingerprint density at radius 1 is 1.32 bits per heavy atom. The van der Waals surface area contributed by atoms with E-state index >= 15 is 0 Å². The number of hydrogen-bond acceptors (Lipinski definition) is 6. The standard InChI is InChI=1S/C17H21N5O3/c1-22(2)15-14(16(25-3)19-9-18-15)21-17(24)20-13-11-7-5-4-6-10(11)8-12(13)23/h4-7,9,12-13,23H,8H2,1-3H3,(H2,20,21,24)/t12-,13+/m0/s1. The van der Waals surface area contributed by atoms with Crippen molar-refractivity contribution in [2.24, 2.45) is 0 Å². The van der Waals surface area contributed by atoms with E-state index in [0.29, 0.717) is 17.9 Å². The maximum absolute atomic E-state index is 12.5. The SMILES string of the molecule is COc1ncnc(N(C)C)c1NC(=O)N[C@@H]1c2ccccc2C[C@@H]1O. The molecule has 25 heavy (non-hydrogen) atoms. The van der Waals surface area contributed by atoms with E-state index in [9.17, 15) is 9.90 Å². The fraction of sp³-hybridized carbons (Fsp3) is 0.353. The molecule has 0 saturated heterocycles. The summed E-state index contributed by atoms with van der Waals surface area (Å²) < 4.78 is 5.21. The van der Waals surface area contributed by atoms with Crippen molar-refractivity contribution in [1.29, 1.82) is 0 Å². The highest BCUT2D eigenvalue weighted by molar-refractivity contribution is 5.94. The van der Waals surface area contributed by atoms with Crippen molar-refractivity contribution < 1.29 is 14.6 Å². The van der Waals surface area contributed by atoms with Crippen molar-refractivity contribution in [3.05, 3.63) is 41.7 Å². The van der Waals surface area contributed by atoms with Crippen LogP contribution in [0.5, 0.6) is 5.88 Å². The zero-order chi connectivity index (χ0) is 18.0. The van der Waals surface area contributed by atoms with E-state index in [1.54, 1.807) is 4.90 Å². The molecule has 3 rings (SSSR count). The van der Waals surface area contributed by atoms with E-state index in [1.165, 1.54) is 13.4 Å². The second kappa shape index (κ2) is 6.94. The van der Waals surface area contributed by atoms with Crippen LogP contribution in [0.2, 0.25) is 0 Å². The van der Waals surface area contributed by atoms with E-state index in [1.807, 2.05) is 38.4 Å². The Hall–Kier alpha value is -2.87. The van der Waals surface area contributed by atoms with Crippen LogP contribution in [0.3, 0.4) is 0 Å². The molecule has 2 amide bonds. The van der Waals surface area contributed by atoms with Crippen molar-refractivity contribution in [3.8, 4) is 5.88 Å². The van der Waals surface area contributed by atoms with E-state index < -0.39 is 18.2 Å². The Kier molecular flexibility index (Phi) is 4.71. The molecule has 8 nitrogen and oxygen atoms in total. The molecule has 2 aromatic rings. The van der Waals surface area contributed by atoms with Crippen LogP contribution in [0.1, 0.15) is 17.2 Å². The minimum absolute atomic E-state index is 0.265. The fourth-order valence-corrected chi connectivity index (χ4v) is 3.00. The number of aliphatic hydroxyl groups is 1. The third kappa shape index (κ3) is 3.34. The van der Waals surface area contributed by atoms with Gasteiger partial charge in [-0.3, -0.25) is 0 Å². The van der Waals surface area contributed by atoms with E-state index in [2.05, 4.69) is 20.6 Å². The van der Waals surface area contributed by atoms with Gasteiger partial charge in [0, 0.05) is 20.5 Å². The smallest absolute Gasteiger partial charge is 0.320 e. The van der Waals surface area contributed by atoms with E-state index in [4.69, 9.17) is 4.74 Å². The highest BCUT2D eigenvalue weighted by Gasteiger charge is 2.32. The lowest BCUT2D eigenvalue weighted by molar-refractivity contribution is 0.144. The molecule has 0 aliphatic heterocycles. The number of amides is 2. The molecule has 1 aromatic carbocycles. The topological polar surface area (TPSA) is 99.6 Å². The van der Waals surface area contributed by atoms with E-state index in [-0.39, 0.29) is 5.88 Å². The lowest BCUT2D eigenvalue weighted by Gasteiger charge is -2.21. The maximum atomic E-state index is 12.5. The van der Waals surface area contributed by atoms with Gasteiger partial charge in [-0.05, 0) is 11.1 Å². The first-order valence-corrected chi connectivity index (χ1v) is 7.91. The first kappa shape index (κ1) is 17.0. The number of nitrogens with zero attached hydrogens (tertiary/aromatic N) is 3. The fourth-order valence-electron chi connectivity index (χ4n) is 3.00. The van der Waals surface area contributed by atoms with Gasteiger partial charge in [0.05, 0.1) is 19.3 Å². The molecule has 3 N–H and O–H groups in total. The Labute approximate surface area is 145 Å². The van der Waals surface area contributed by atoms with Crippen LogP contribution in [-0.4, -0.2) is 48.4 Å². The second-order valence-corrected chi connectivity index (χ2v) is 6.02. The minimum Gasteiger partial charge on any atom is -0.479 e. The molecule has 0 unspecified atom stereocenters. The van der Waals surface area contributed by atoms with Gasteiger partial charge in [-0.1, -0.05) is 24.3 Å². The van der Waals surface area contributed by atoms with Crippen molar-refractivity contribution in [3.63, 3.8) is 0 Å². The predicted molar refractivity (Wildman–Crippen MR) is 94.0 cm³/mol. The number of benzene rings is 1. The summed E-state index contributed by atoms with van der Waals surface area (Å²) in [4.78, 5) is 22.4. The number of nitrogens with one attached hydrogen (secondary N) is 2. The largest absolute Gasteiger partial charge is 0.479 e. The van der Waals surface area contributed by atoms with Crippen molar-refractivity contribution >= 4 is 17.5 Å². The lowest BCUT2D eigenvalue weighted by atomic mass is 10.1.